The summed E-state index contributed by atoms with van der Waals surface area (Å²) in [6.45, 7) is 1.96. The van der Waals surface area contributed by atoms with Gasteiger partial charge in [-0.3, -0.25) is 19.8 Å². The lowest BCUT2D eigenvalue weighted by molar-refractivity contribution is -0.122. The third-order valence-corrected chi connectivity index (χ3v) is 4.03. The fourth-order valence-electron chi connectivity index (χ4n) is 2.43. The van der Waals surface area contributed by atoms with Crippen LogP contribution in [-0.4, -0.2) is 16.9 Å². The zero-order valence-corrected chi connectivity index (χ0v) is 14.4. The molecule has 2 amide bonds. The van der Waals surface area contributed by atoms with Crippen LogP contribution in [0.25, 0.3) is 6.08 Å². The number of hydrogen-bond acceptors (Lipinski definition) is 3. The molecule has 2 aromatic carbocycles. The molecule has 1 aliphatic rings. The first-order valence-corrected chi connectivity index (χ1v) is 8.17. The number of amides is 2. The molecule has 0 aromatic heterocycles. The fourth-order valence-corrected chi connectivity index (χ4v) is 2.71. The molecule has 1 N–H and O–H groups in total. The van der Waals surface area contributed by atoms with Crippen LogP contribution in [0.15, 0.2) is 72.3 Å². The van der Waals surface area contributed by atoms with Gasteiger partial charge in [0.1, 0.15) is 5.57 Å². The van der Waals surface area contributed by atoms with Crippen molar-refractivity contribution in [3.05, 3.63) is 83.4 Å². The minimum atomic E-state index is -0.490. The van der Waals surface area contributed by atoms with Gasteiger partial charge in [-0.1, -0.05) is 60.2 Å². The number of rotatable bonds is 3. The Hall–Kier alpha value is -3.05. The molecule has 0 saturated carbocycles. The predicted molar refractivity (Wildman–Crippen MR) is 103 cm³/mol. The first kappa shape index (κ1) is 16.8. The van der Waals surface area contributed by atoms with Crippen molar-refractivity contribution < 1.29 is 9.59 Å². The summed E-state index contributed by atoms with van der Waals surface area (Å²) in [5.41, 5.74) is 2.72. The van der Waals surface area contributed by atoms with Gasteiger partial charge in [0.05, 0.1) is 5.69 Å². The van der Waals surface area contributed by atoms with E-state index in [1.807, 2.05) is 55.5 Å². The standard InChI is InChI=1S/C20H16N2O2S/c1-14-10-12-16(13-11-14)22-19(24)17(18(23)21-20(22)25)9-5-8-15-6-3-2-4-7-15/h2-13H,1H3,(H,21,23,25). The molecule has 0 bridgehead atoms. The molecule has 1 aliphatic heterocycles. The molecule has 0 spiro atoms. The van der Waals surface area contributed by atoms with Crippen molar-refractivity contribution in [1.29, 1.82) is 0 Å². The molecule has 25 heavy (non-hydrogen) atoms. The van der Waals surface area contributed by atoms with Crippen molar-refractivity contribution in [1.82, 2.24) is 5.32 Å². The Morgan fingerprint density at radius 2 is 1.68 bits per heavy atom. The highest BCUT2D eigenvalue weighted by Gasteiger charge is 2.33. The number of nitrogens with one attached hydrogen (secondary N) is 1. The average molecular weight is 348 g/mol. The molecule has 1 heterocycles. The quantitative estimate of drug-likeness (QED) is 0.525. The average Bonchev–Trinajstić information content (AvgIpc) is 2.60. The lowest BCUT2D eigenvalue weighted by Gasteiger charge is -2.28. The third-order valence-electron chi connectivity index (χ3n) is 3.74. The van der Waals surface area contributed by atoms with E-state index in [1.165, 1.54) is 11.0 Å². The van der Waals surface area contributed by atoms with Crippen LogP contribution in [0.3, 0.4) is 0 Å². The maximum atomic E-state index is 12.7. The molecule has 0 aliphatic carbocycles. The summed E-state index contributed by atoms with van der Waals surface area (Å²) < 4.78 is 0. The number of benzene rings is 2. The Balaban J connectivity index is 1.88. The van der Waals surface area contributed by atoms with E-state index in [-0.39, 0.29) is 10.7 Å². The highest BCUT2D eigenvalue weighted by molar-refractivity contribution is 7.80. The molecular formula is C20H16N2O2S. The Labute approximate surface area is 151 Å². The lowest BCUT2D eigenvalue weighted by atomic mass is 10.1. The zero-order valence-electron chi connectivity index (χ0n) is 13.6. The molecule has 0 atom stereocenters. The van der Waals surface area contributed by atoms with Crippen molar-refractivity contribution in [2.24, 2.45) is 0 Å². The van der Waals surface area contributed by atoms with E-state index in [0.717, 1.165) is 11.1 Å². The second-order valence-corrected chi connectivity index (χ2v) is 5.97. The molecule has 3 rings (SSSR count). The number of nitrogens with zero attached hydrogens (tertiary/aromatic N) is 1. The molecular weight excluding hydrogens is 332 g/mol. The largest absolute Gasteiger partial charge is 0.298 e. The second kappa shape index (κ2) is 7.23. The summed E-state index contributed by atoms with van der Waals surface area (Å²) in [5.74, 6) is -0.925. The molecule has 2 aromatic rings. The molecule has 4 nitrogen and oxygen atoms in total. The van der Waals surface area contributed by atoms with Crippen LogP contribution < -0.4 is 10.2 Å². The van der Waals surface area contributed by atoms with E-state index in [0.29, 0.717) is 5.69 Å². The van der Waals surface area contributed by atoms with Crippen LogP contribution in [0.2, 0.25) is 0 Å². The predicted octanol–water partition coefficient (Wildman–Crippen LogP) is 3.38. The zero-order chi connectivity index (χ0) is 17.8. The fraction of sp³-hybridized carbons (Fsp3) is 0.0500. The number of allylic oxidation sites excluding steroid dienone is 2. The molecule has 0 radical (unpaired) electrons. The van der Waals surface area contributed by atoms with Gasteiger partial charge >= 0.3 is 0 Å². The maximum absolute atomic E-state index is 12.7. The van der Waals surface area contributed by atoms with Crippen molar-refractivity contribution in [3.8, 4) is 0 Å². The summed E-state index contributed by atoms with van der Waals surface area (Å²) in [6, 6.07) is 17.0. The Morgan fingerprint density at radius 1 is 1.00 bits per heavy atom. The first-order valence-electron chi connectivity index (χ1n) is 7.76. The van der Waals surface area contributed by atoms with Crippen LogP contribution in [0, 0.1) is 6.92 Å². The SMILES string of the molecule is Cc1ccc(N2C(=O)C(=CC=Cc3ccccc3)C(=O)NC2=S)cc1. The monoisotopic (exact) mass is 348 g/mol. The van der Waals surface area contributed by atoms with E-state index in [2.05, 4.69) is 5.32 Å². The summed E-state index contributed by atoms with van der Waals surface area (Å²) in [6.07, 6.45) is 5.02. The van der Waals surface area contributed by atoms with E-state index in [9.17, 15) is 9.59 Å². The van der Waals surface area contributed by atoms with Gasteiger partial charge in [0.15, 0.2) is 5.11 Å². The van der Waals surface area contributed by atoms with Gasteiger partial charge in [0, 0.05) is 0 Å². The van der Waals surface area contributed by atoms with Gasteiger partial charge in [-0.25, -0.2) is 0 Å². The minimum absolute atomic E-state index is 0.0429. The smallest absolute Gasteiger partial charge is 0.270 e. The first-order chi connectivity index (χ1) is 12.1. The van der Waals surface area contributed by atoms with E-state index in [1.54, 1.807) is 18.2 Å². The van der Waals surface area contributed by atoms with Crippen molar-refractivity contribution in [3.63, 3.8) is 0 Å². The Kier molecular flexibility index (Phi) is 4.86. The Morgan fingerprint density at radius 3 is 2.36 bits per heavy atom. The van der Waals surface area contributed by atoms with Crippen molar-refractivity contribution in [2.45, 2.75) is 6.92 Å². The summed E-state index contributed by atoms with van der Waals surface area (Å²) in [7, 11) is 0. The van der Waals surface area contributed by atoms with Crippen LogP contribution in [0.5, 0.6) is 0 Å². The van der Waals surface area contributed by atoms with Gasteiger partial charge in [0.25, 0.3) is 11.8 Å². The van der Waals surface area contributed by atoms with E-state index >= 15 is 0 Å². The summed E-state index contributed by atoms with van der Waals surface area (Å²) in [4.78, 5) is 26.2. The van der Waals surface area contributed by atoms with Gasteiger partial charge in [0.2, 0.25) is 0 Å². The van der Waals surface area contributed by atoms with Gasteiger partial charge < -0.3 is 0 Å². The number of carbonyl (C=O) groups excluding carboxylic acids is 2. The highest BCUT2D eigenvalue weighted by Crippen LogP contribution is 2.21. The van der Waals surface area contributed by atoms with Gasteiger partial charge in [-0.2, -0.15) is 0 Å². The minimum Gasteiger partial charge on any atom is -0.298 e. The van der Waals surface area contributed by atoms with E-state index < -0.39 is 11.8 Å². The Bertz CT molecular complexity index is 884. The number of aryl methyl sites for hydroxylation is 1. The molecule has 5 heteroatoms. The maximum Gasteiger partial charge on any atom is 0.270 e. The summed E-state index contributed by atoms with van der Waals surface area (Å²) >= 11 is 5.17. The summed E-state index contributed by atoms with van der Waals surface area (Å²) in [5, 5.41) is 2.65. The van der Waals surface area contributed by atoms with Gasteiger partial charge in [-0.15, -0.1) is 0 Å². The number of anilines is 1. The van der Waals surface area contributed by atoms with Gasteiger partial charge in [-0.05, 0) is 42.9 Å². The molecule has 1 saturated heterocycles. The number of carbonyl (C=O) groups is 2. The molecule has 0 unspecified atom stereocenters. The molecule has 1 fully saturated rings. The topological polar surface area (TPSA) is 49.4 Å². The highest BCUT2D eigenvalue weighted by atomic mass is 32.1. The van der Waals surface area contributed by atoms with Crippen LogP contribution in [0.1, 0.15) is 11.1 Å². The van der Waals surface area contributed by atoms with Crippen LogP contribution in [0.4, 0.5) is 5.69 Å². The normalized spacial score (nSPS) is 16.6. The van der Waals surface area contributed by atoms with Crippen LogP contribution >= 0.6 is 12.2 Å². The van der Waals surface area contributed by atoms with Crippen LogP contribution in [-0.2, 0) is 9.59 Å². The number of hydrogen-bond donors (Lipinski definition) is 1. The third kappa shape index (κ3) is 3.72. The number of thiocarbonyl (C=S) groups is 1. The molecule has 124 valence electrons. The van der Waals surface area contributed by atoms with Crippen molar-refractivity contribution in [2.75, 3.05) is 4.90 Å². The van der Waals surface area contributed by atoms with Crippen molar-refractivity contribution >= 4 is 40.9 Å². The lowest BCUT2D eigenvalue weighted by Crippen LogP contribution is -2.54. The van der Waals surface area contributed by atoms with E-state index in [4.69, 9.17) is 12.2 Å². The second-order valence-electron chi connectivity index (χ2n) is 5.59.